The first-order chi connectivity index (χ1) is 19.9. The maximum absolute atomic E-state index is 14.0. The molecule has 1 atom stereocenters. The Labute approximate surface area is 240 Å². The van der Waals surface area contributed by atoms with Gasteiger partial charge >= 0.3 is 12.2 Å². The normalized spacial score (nSPS) is 18.9. The van der Waals surface area contributed by atoms with Crippen LogP contribution in [-0.4, -0.2) is 84.1 Å². The van der Waals surface area contributed by atoms with Crippen molar-refractivity contribution in [2.24, 2.45) is 5.92 Å². The van der Waals surface area contributed by atoms with Crippen LogP contribution in [0.3, 0.4) is 0 Å². The Balaban J connectivity index is 1.35. The van der Waals surface area contributed by atoms with Gasteiger partial charge in [-0.1, -0.05) is 0 Å². The quantitative estimate of drug-likeness (QED) is 0.394. The summed E-state index contributed by atoms with van der Waals surface area (Å²) in [5.74, 6) is -1.10. The zero-order valence-corrected chi connectivity index (χ0v) is 23.6. The van der Waals surface area contributed by atoms with E-state index in [1.165, 1.54) is 46.7 Å². The third-order valence-corrected chi connectivity index (χ3v) is 9.79. The summed E-state index contributed by atoms with van der Waals surface area (Å²) in [5, 5.41) is 18.1. The molecule has 2 aliphatic heterocycles. The van der Waals surface area contributed by atoms with Gasteiger partial charge in [0, 0.05) is 57.6 Å². The lowest BCUT2D eigenvalue weighted by Gasteiger charge is -2.31. The first-order valence-electron chi connectivity index (χ1n) is 13.5. The maximum Gasteiger partial charge on any atom is 0.436 e. The number of hydrogen-bond donors (Lipinski definition) is 3. The van der Waals surface area contributed by atoms with E-state index in [0.29, 0.717) is 30.5 Å². The minimum atomic E-state index is -4.84. The number of aliphatic hydroxyl groups excluding tert-OH is 1. The number of piperidine rings is 1. The van der Waals surface area contributed by atoms with E-state index < -0.39 is 39.4 Å². The van der Waals surface area contributed by atoms with Crippen LogP contribution >= 0.6 is 0 Å². The SMILES string of the molecule is CNC(=O)Nc1ccc(S(=O)(=O)N2CCC(c3ccn4nc(C(F)(F)F)c(C(=O)N5CCC(CO)C5)c4c3)CC2)cc1. The fraction of sp³-hybridized carbons (Fsp3) is 0.444. The number of aliphatic hydroxyl groups is 1. The number of likely N-dealkylation sites (tertiary alicyclic amines) is 1. The highest BCUT2D eigenvalue weighted by Crippen LogP contribution is 2.37. The van der Waals surface area contributed by atoms with Crippen molar-refractivity contribution in [1.29, 1.82) is 0 Å². The zero-order valence-electron chi connectivity index (χ0n) is 22.8. The minimum absolute atomic E-state index is 0.0396. The molecule has 3 amide bonds. The molecule has 5 rings (SSSR count). The highest BCUT2D eigenvalue weighted by atomic mass is 32.2. The van der Waals surface area contributed by atoms with Crippen LogP contribution in [0.4, 0.5) is 23.7 Å². The molecule has 0 bridgehead atoms. The number of alkyl halides is 3. The van der Waals surface area contributed by atoms with Crippen molar-refractivity contribution in [3.63, 3.8) is 0 Å². The molecule has 1 unspecified atom stereocenters. The zero-order chi connectivity index (χ0) is 30.2. The number of urea groups is 1. The molecule has 11 nitrogen and oxygen atoms in total. The predicted molar refractivity (Wildman–Crippen MR) is 147 cm³/mol. The molecule has 15 heteroatoms. The van der Waals surface area contributed by atoms with Crippen molar-refractivity contribution in [1.82, 2.24) is 24.1 Å². The molecule has 2 aromatic heterocycles. The lowest BCUT2D eigenvalue weighted by molar-refractivity contribution is -0.141. The summed E-state index contributed by atoms with van der Waals surface area (Å²) in [5.41, 5.74) is -0.599. The van der Waals surface area contributed by atoms with Crippen molar-refractivity contribution < 1.29 is 36.3 Å². The van der Waals surface area contributed by atoms with Gasteiger partial charge in [-0.3, -0.25) is 4.79 Å². The first-order valence-corrected chi connectivity index (χ1v) is 14.9. The van der Waals surface area contributed by atoms with Crippen molar-refractivity contribution in [2.45, 2.75) is 36.3 Å². The molecule has 3 N–H and O–H groups in total. The van der Waals surface area contributed by atoms with E-state index in [2.05, 4.69) is 15.7 Å². The summed E-state index contributed by atoms with van der Waals surface area (Å²) < 4.78 is 70.7. The number of benzene rings is 1. The number of aromatic nitrogens is 2. The largest absolute Gasteiger partial charge is 0.436 e. The fourth-order valence-electron chi connectivity index (χ4n) is 5.53. The number of halogens is 3. The van der Waals surface area contributed by atoms with Gasteiger partial charge in [-0.15, -0.1) is 0 Å². The second kappa shape index (κ2) is 11.5. The Morgan fingerprint density at radius 1 is 1.07 bits per heavy atom. The summed E-state index contributed by atoms with van der Waals surface area (Å²) in [4.78, 5) is 26.2. The van der Waals surface area contributed by atoms with Gasteiger partial charge in [-0.2, -0.15) is 22.6 Å². The molecule has 4 heterocycles. The molecule has 0 saturated carbocycles. The number of nitrogens with one attached hydrogen (secondary N) is 2. The van der Waals surface area contributed by atoms with Crippen molar-refractivity contribution in [3.05, 3.63) is 59.4 Å². The summed E-state index contributed by atoms with van der Waals surface area (Å²) in [6, 6.07) is 8.59. The molecule has 2 fully saturated rings. The Morgan fingerprint density at radius 2 is 1.76 bits per heavy atom. The number of amides is 3. The number of pyridine rings is 1. The number of hydrogen-bond acceptors (Lipinski definition) is 6. The number of nitrogens with zero attached hydrogens (tertiary/aromatic N) is 4. The number of fused-ring (bicyclic) bond motifs is 1. The summed E-state index contributed by atoms with van der Waals surface area (Å²) in [7, 11) is -2.34. The molecule has 0 aliphatic carbocycles. The van der Waals surface area contributed by atoms with Gasteiger partial charge in [0.2, 0.25) is 10.0 Å². The smallest absolute Gasteiger partial charge is 0.396 e. The van der Waals surface area contributed by atoms with Crippen LogP contribution in [-0.2, 0) is 16.2 Å². The van der Waals surface area contributed by atoms with Crippen molar-refractivity contribution in [3.8, 4) is 0 Å². The van der Waals surface area contributed by atoms with E-state index in [-0.39, 0.29) is 55.0 Å². The lowest BCUT2D eigenvalue weighted by Crippen LogP contribution is -2.37. The topological polar surface area (TPSA) is 136 Å². The first kappa shape index (κ1) is 29.8. The predicted octanol–water partition coefficient (Wildman–Crippen LogP) is 3.13. The van der Waals surface area contributed by atoms with Crippen LogP contribution in [0.2, 0.25) is 0 Å². The Morgan fingerprint density at radius 3 is 2.36 bits per heavy atom. The van der Waals surface area contributed by atoms with Crippen LogP contribution in [0, 0.1) is 5.92 Å². The average molecular weight is 609 g/mol. The van der Waals surface area contributed by atoms with E-state index in [9.17, 15) is 36.3 Å². The molecule has 226 valence electrons. The van der Waals surface area contributed by atoms with Crippen LogP contribution in [0.15, 0.2) is 47.5 Å². The minimum Gasteiger partial charge on any atom is -0.396 e. The summed E-state index contributed by atoms with van der Waals surface area (Å²) in [6.45, 7) is 0.670. The number of sulfonamides is 1. The Bertz CT molecular complexity index is 1580. The Hall–Kier alpha value is -3.69. The van der Waals surface area contributed by atoms with Gasteiger partial charge in [0.25, 0.3) is 5.91 Å². The van der Waals surface area contributed by atoms with Crippen molar-refractivity contribution in [2.75, 3.05) is 45.2 Å². The van der Waals surface area contributed by atoms with E-state index in [4.69, 9.17) is 0 Å². The molecule has 0 spiro atoms. The molecular weight excluding hydrogens is 577 g/mol. The molecule has 2 saturated heterocycles. The van der Waals surface area contributed by atoms with Gasteiger partial charge in [0.05, 0.1) is 16.0 Å². The molecule has 0 radical (unpaired) electrons. The van der Waals surface area contributed by atoms with Crippen molar-refractivity contribution >= 4 is 33.2 Å². The van der Waals surface area contributed by atoms with Crippen LogP contribution in [0.25, 0.3) is 5.52 Å². The van der Waals surface area contributed by atoms with Gasteiger partial charge in [-0.25, -0.2) is 17.7 Å². The molecule has 1 aromatic carbocycles. The summed E-state index contributed by atoms with van der Waals surface area (Å²) >= 11 is 0. The van der Waals surface area contributed by atoms with E-state index in [1.54, 1.807) is 12.1 Å². The number of carbonyl (C=O) groups is 2. The number of carbonyl (C=O) groups excluding carboxylic acids is 2. The van der Waals surface area contributed by atoms with E-state index >= 15 is 0 Å². The third kappa shape index (κ3) is 5.80. The van der Waals surface area contributed by atoms with Crippen LogP contribution in [0.1, 0.15) is 46.8 Å². The van der Waals surface area contributed by atoms with Gasteiger partial charge < -0.3 is 20.6 Å². The molecule has 3 aromatic rings. The maximum atomic E-state index is 14.0. The molecular formula is C27H31F3N6O5S. The van der Waals surface area contributed by atoms with E-state index in [1.807, 2.05) is 0 Å². The van der Waals surface area contributed by atoms with E-state index in [0.717, 1.165) is 4.52 Å². The molecule has 42 heavy (non-hydrogen) atoms. The molecule has 2 aliphatic rings. The second-order valence-electron chi connectivity index (χ2n) is 10.5. The number of rotatable bonds is 6. The number of anilines is 1. The standard InChI is InChI=1S/C27H31F3N6O5S/c1-31-26(39)32-20-2-4-21(5-3-20)42(40,41)35-11-7-18(8-12-35)19-9-13-36-22(14-19)23(24(33-36)27(28,29)30)25(38)34-10-6-17(15-34)16-37/h2-5,9,13-14,17-18,37H,6-8,10-12,15-16H2,1H3,(H2,31,32,39). The van der Waals surface area contributed by atoms with Gasteiger partial charge in [-0.05, 0) is 67.1 Å². The fourth-order valence-corrected chi connectivity index (χ4v) is 7.00. The second-order valence-corrected chi connectivity index (χ2v) is 12.4. The third-order valence-electron chi connectivity index (χ3n) is 7.88. The Kier molecular flexibility index (Phi) is 8.18. The lowest BCUT2D eigenvalue weighted by atomic mass is 9.90. The van der Waals surface area contributed by atoms with Crippen LogP contribution < -0.4 is 10.6 Å². The highest BCUT2D eigenvalue weighted by molar-refractivity contribution is 7.89. The van der Waals surface area contributed by atoms with Crippen LogP contribution in [0.5, 0.6) is 0 Å². The highest BCUT2D eigenvalue weighted by Gasteiger charge is 2.42. The average Bonchev–Trinajstić information content (AvgIpc) is 3.62. The van der Waals surface area contributed by atoms with Gasteiger partial charge in [0.1, 0.15) is 0 Å². The summed E-state index contributed by atoms with van der Waals surface area (Å²) in [6.07, 6.45) is -2.08. The monoisotopic (exact) mass is 608 g/mol. The van der Waals surface area contributed by atoms with Gasteiger partial charge in [0.15, 0.2) is 5.69 Å².